The van der Waals surface area contributed by atoms with Crippen LogP contribution in [0.25, 0.3) is 0 Å². The summed E-state index contributed by atoms with van der Waals surface area (Å²) in [6.07, 6.45) is 8.39. The molecule has 25 heavy (non-hydrogen) atoms. The number of ether oxygens (including phenoxy) is 2. The van der Waals surface area contributed by atoms with Crippen molar-refractivity contribution in [2.45, 2.75) is 110 Å². The van der Waals surface area contributed by atoms with Crippen molar-refractivity contribution in [3.05, 3.63) is 0 Å². The van der Waals surface area contributed by atoms with E-state index in [1.807, 2.05) is 32.6 Å². The van der Waals surface area contributed by atoms with Crippen LogP contribution >= 0.6 is 0 Å². The fourth-order valence-electron chi connectivity index (χ4n) is 3.46. The molecular weight excluding hydrogens is 318 g/mol. The van der Waals surface area contributed by atoms with Crippen molar-refractivity contribution < 1.29 is 19.1 Å². The molecule has 0 bridgehead atoms. The quantitative estimate of drug-likeness (QED) is 0.428. The summed E-state index contributed by atoms with van der Waals surface area (Å²) in [5, 5.41) is 0. The molecule has 0 spiro atoms. The third-order valence-electron chi connectivity index (χ3n) is 4.59. The highest BCUT2D eigenvalue weighted by Crippen LogP contribution is 2.32. The van der Waals surface area contributed by atoms with Crippen molar-refractivity contribution in [1.29, 1.82) is 0 Å². The van der Waals surface area contributed by atoms with Gasteiger partial charge in [0.15, 0.2) is 0 Å². The van der Waals surface area contributed by atoms with E-state index in [0.29, 0.717) is 19.1 Å². The summed E-state index contributed by atoms with van der Waals surface area (Å²) in [7, 11) is 0. The lowest BCUT2D eigenvalue weighted by Crippen LogP contribution is -2.44. The third kappa shape index (κ3) is 8.10. The number of nitrogens with zero attached hydrogens (tertiary/aromatic N) is 1. The number of carbonyl (C=O) groups excluding carboxylic acids is 2. The number of carbonyl (C=O) groups is 2. The van der Waals surface area contributed by atoms with Gasteiger partial charge in [0.05, 0.1) is 6.61 Å². The van der Waals surface area contributed by atoms with Gasteiger partial charge in [-0.05, 0) is 59.8 Å². The van der Waals surface area contributed by atoms with Crippen LogP contribution in [0.15, 0.2) is 0 Å². The summed E-state index contributed by atoms with van der Waals surface area (Å²) in [6, 6.07) is 0.531. The van der Waals surface area contributed by atoms with Crippen LogP contribution < -0.4 is 0 Å². The van der Waals surface area contributed by atoms with Gasteiger partial charge in [0.1, 0.15) is 5.60 Å². The van der Waals surface area contributed by atoms with Crippen LogP contribution in [0.5, 0.6) is 0 Å². The van der Waals surface area contributed by atoms with Crippen LogP contribution in [0.1, 0.15) is 92.4 Å². The molecule has 0 aliphatic carbocycles. The molecule has 0 unspecified atom stereocenters. The summed E-state index contributed by atoms with van der Waals surface area (Å²) in [4.78, 5) is 26.1. The highest BCUT2D eigenvalue weighted by molar-refractivity contribution is 5.69. The van der Waals surface area contributed by atoms with Crippen molar-refractivity contribution in [2.24, 2.45) is 0 Å². The van der Waals surface area contributed by atoms with E-state index < -0.39 is 5.60 Å². The summed E-state index contributed by atoms with van der Waals surface area (Å²) < 4.78 is 10.6. The number of hydrogen-bond acceptors (Lipinski definition) is 4. The summed E-state index contributed by atoms with van der Waals surface area (Å²) in [6.45, 7) is 10.2. The maximum atomic E-state index is 12.7. The molecule has 0 saturated carbocycles. The van der Waals surface area contributed by atoms with Crippen LogP contribution in [0.2, 0.25) is 0 Å². The fraction of sp³-hybridized carbons (Fsp3) is 0.900. The maximum absolute atomic E-state index is 12.7. The molecule has 2 atom stereocenters. The van der Waals surface area contributed by atoms with E-state index in [9.17, 15) is 9.59 Å². The first-order chi connectivity index (χ1) is 11.8. The van der Waals surface area contributed by atoms with Crippen molar-refractivity contribution in [1.82, 2.24) is 4.90 Å². The Morgan fingerprint density at radius 2 is 1.60 bits per heavy atom. The molecule has 1 aliphatic heterocycles. The number of rotatable bonds is 9. The van der Waals surface area contributed by atoms with E-state index in [-0.39, 0.29) is 18.1 Å². The normalized spacial score (nSPS) is 20.6. The Balaban J connectivity index is 2.56. The molecule has 5 heteroatoms. The van der Waals surface area contributed by atoms with Crippen LogP contribution in [0.4, 0.5) is 4.79 Å². The van der Waals surface area contributed by atoms with E-state index in [1.54, 1.807) is 0 Å². The topological polar surface area (TPSA) is 55.8 Å². The Morgan fingerprint density at radius 1 is 1.00 bits per heavy atom. The molecule has 1 fully saturated rings. The smallest absolute Gasteiger partial charge is 0.410 e. The largest absolute Gasteiger partial charge is 0.466 e. The number of hydrogen-bond donors (Lipinski definition) is 0. The molecular formula is C20H37NO4. The van der Waals surface area contributed by atoms with Gasteiger partial charge in [0.25, 0.3) is 0 Å². The predicted octanol–water partition coefficient (Wildman–Crippen LogP) is 5.07. The number of amides is 1. The second-order valence-corrected chi connectivity index (χ2v) is 7.97. The summed E-state index contributed by atoms with van der Waals surface area (Å²) in [5.74, 6) is -0.126. The fourth-order valence-corrected chi connectivity index (χ4v) is 3.46. The first kappa shape index (κ1) is 21.8. The minimum atomic E-state index is -0.469. The molecule has 146 valence electrons. The van der Waals surface area contributed by atoms with E-state index in [4.69, 9.17) is 9.47 Å². The van der Waals surface area contributed by atoms with Gasteiger partial charge in [-0.1, -0.05) is 26.2 Å². The number of unbranched alkanes of at least 4 members (excludes halogenated alkanes) is 2. The molecule has 1 rings (SSSR count). The lowest BCUT2D eigenvalue weighted by atomic mass is 10.1. The Morgan fingerprint density at radius 3 is 2.12 bits per heavy atom. The van der Waals surface area contributed by atoms with Crippen LogP contribution in [0.3, 0.4) is 0 Å². The molecule has 0 N–H and O–H groups in total. The minimum absolute atomic E-state index is 0.126. The lowest BCUT2D eigenvalue weighted by Gasteiger charge is -2.33. The zero-order valence-electron chi connectivity index (χ0n) is 16.8. The summed E-state index contributed by atoms with van der Waals surface area (Å²) >= 11 is 0. The Bertz CT molecular complexity index is 416. The van der Waals surface area contributed by atoms with Gasteiger partial charge in [-0.25, -0.2) is 4.79 Å². The molecule has 1 aliphatic rings. The lowest BCUT2D eigenvalue weighted by molar-refractivity contribution is -0.143. The second-order valence-electron chi connectivity index (χ2n) is 7.97. The SMILES string of the molecule is CCCC[C@@H]1CC[C@H](CCCCC(=O)OCC)N1C(=O)OC(C)(C)C. The third-order valence-corrected chi connectivity index (χ3v) is 4.59. The maximum Gasteiger partial charge on any atom is 0.410 e. The molecule has 1 amide bonds. The van der Waals surface area contributed by atoms with Gasteiger partial charge in [0.2, 0.25) is 0 Å². The Labute approximate surface area is 153 Å². The van der Waals surface area contributed by atoms with E-state index >= 15 is 0 Å². The van der Waals surface area contributed by atoms with Gasteiger partial charge in [-0.2, -0.15) is 0 Å². The van der Waals surface area contributed by atoms with Crippen LogP contribution in [-0.2, 0) is 14.3 Å². The average Bonchev–Trinajstić information content (AvgIpc) is 2.91. The van der Waals surface area contributed by atoms with E-state index in [0.717, 1.165) is 51.4 Å². The predicted molar refractivity (Wildman–Crippen MR) is 99.5 cm³/mol. The Kier molecular flexibility index (Phi) is 9.30. The van der Waals surface area contributed by atoms with Crippen LogP contribution in [0, 0.1) is 0 Å². The van der Waals surface area contributed by atoms with Gasteiger partial charge >= 0.3 is 12.1 Å². The van der Waals surface area contributed by atoms with Crippen LogP contribution in [-0.4, -0.2) is 41.3 Å². The van der Waals surface area contributed by atoms with Crippen molar-refractivity contribution >= 4 is 12.1 Å². The van der Waals surface area contributed by atoms with Crippen molar-refractivity contribution in [3.8, 4) is 0 Å². The molecule has 1 saturated heterocycles. The number of likely N-dealkylation sites (tertiary alicyclic amines) is 1. The minimum Gasteiger partial charge on any atom is -0.466 e. The Hall–Kier alpha value is -1.26. The van der Waals surface area contributed by atoms with Gasteiger partial charge in [0, 0.05) is 18.5 Å². The summed E-state index contributed by atoms with van der Waals surface area (Å²) in [5.41, 5.74) is -0.469. The van der Waals surface area contributed by atoms with E-state index in [2.05, 4.69) is 6.92 Å². The highest BCUT2D eigenvalue weighted by Gasteiger charge is 2.38. The molecule has 5 nitrogen and oxygen atoms in total. The van der Waals surface area contributed by atoms with E-state index in [1.165, 1.54) is 0 Å². The monoisotopic (exact) mass is 355 g/mol. The highest BCUT2D eigenvalue weighted by atomic mass is 16.6. The average molecular weight is 356 g/mol. The van der Waals surface area contributed by atoms with Gasteiger partial charge in [-0.15, -0.1) is 0 Å². The molecule has 0 aromatic rings. The van der Waals surface area contributed by atoms with Crippen molar-refractivity contribution in [2.75, 3.05) is 6.61 Å². The van der Waals surface area contributed by atoms with Crippen molar-refractivity contribution in [3.63, 3.8) is 0 Å². The zero-order valence-corrected chi connectivity index (χ0v) is 16.8. The zero-order chi connectivity index (χ0) is 18.9. The molecule has 0 aromatic carbocycles. The first-order valence-corrected chi connectivity index (χ1v) is 9.95. The molecule has 0 aromatic heterocycles. The second kappa shape index (κ2) is 10.7. The molecule has 0 radical (unpaired) electrons. The van der Waals surface area contributed by atoms with Gasteiger partial charge < -0.3 is 14.4 Å². The van der Waals surface area contributed by atoms with Gasteiger partial charge in [-0.3, -0.25) is 4.79 Å². The first-order valence-electron chi connectivity index (χ1n) is 9.95. The molecule has 1 heterocycles. The standard InChI is InChI=1S/C20H37NO4/c1-6-8-11-16-14-15-17(12-9-10-13-18(22)24-7-2)21(16)19(23)25-20(3,4)5/h16-17H,6-15H2,1-5H3/t16-,17+/m1/s1. The number of esters is 1.